The molecule has 0 spiro atoms. The minimum absolute atomic E-state index is 0.0662. The lowest BCUT2D eigenvalue weighted by atomic mass is 10.0. The number of nitrogens with zero attached hydrogens (tertiary/aromatic N) is 4. The Morgan fingerprint density at radius 2 is 2.00 bits per heavy atom. The molecule has 3 rings (SSSR count). The number of nitrogens with one attached hydrogen (secondary N) is 1. The maximum Gasteiger partial charge on any atom is 0.257 e. The van der Waals surface area contributed by atoms with Crippen molar-refractivity contribution in [1.29, 1.82) is 0 Å². The fourth-order valence-electron chi connectivity index (χ4n) is 3.42. The number of aromatic nitrogens is 2. The molecule has 0 unspecified atom stereocenters. The number of rotatable bonds is 6. The van der Waals surface area contributed by atoms with E-state index in [0.717, 1.165) is 13.1 Å². The normalized spacial score (nSPS) is 21.1. The quantitative estimate of drug-likeness (QED) is 0.841. The van der Waals surface area contributed by atoms with Gasteiger partial charge in [0.1, 0.15) is 0 Å². The third-order valence-electron chi connectivity index (χ3n) is 5.17. The van der Waals surface area contributed by atoms with Crippen LogP contribution in [0, 0.1) is 11.8 Å². The molecule has 1 atom stereocenters. The van der Waals surface area contributed by atoms with Gasteiger partial charge in [0.25, 0.3) is 5.91 Å². The third-order valence-corrected chi connectivity index (χ3v) is 5.17. The maximum atomic E-state index is 12.9. The van der Waals surface area contributed by atoms with Crippen LogP contribution in [0.25, 0.3) is 0 Å². The summed E-state index contributed by atoms with van der Waals surface area (Å²) in [6, 6.07) is 0.0662. The average molecular weight is 359 g/mol. The zero-order valence-electron chi connectivity index (χ0n) is 15.9. The molecule has 1 saturated heterocycles. The number of anilines is 1. The second-order valence-corrected chi connectivity index (χ2v) is 7.63. The molecule has 1 aromatic rings. The van der Waals surface area contributed by atoms with Crippen molar-refractivity contribution < 1.29 is 9.59 Å². The van der Waals surface area contributed by atoms with E-state index in [0.29, 0.717) is 42.9 Å². The molecular formula is C19H29N5O2. The molecule has 1 aliphatic carbocycles. The number of hydrogen-bond acceptors (Lipinski definition) is 5. The van der Waals surface area contributed by atoms with Crippen LogP contribution in [-0.2, 0) is 4.79 Å². The van der Waals surface area contributed by atoms with Crippen molar-refractivity contribution in [3.05, 3.63) is 18.0 Å². The van der Waals surface area contributed by atoms with Gasteiger partial charge in [-0.2, -0.15) is 0 Å². The zero-order chi connectivity index (χ0) is 18.7. The highest BCUT2D eigenvalue weighted by atomic mass is 16.2. The van der Waals surface area contributed by atoms with E-state index in [4.69, 9.17) is 0 Å². The van der Waals surface area contributed by atoms with Gasteiger partial charge in [0.2, 0.25) is 11.9 Å². The molecule has 1 N–H and O–H groups in total. The van der Waals surface area contributed by atoms with Crippen LogP contribution in [0.2, 0.25) is 0 Å². The molecule has 0 bridgehead atoms. The molecule has 26 heavy (non-hydrogen) atoms. The molecule has 7 nitrogen and oxygen atoms in total. The van der Waals surface area contributed by atoms with Crippen molar-refractivity contribution in [3.63, 3.8) is 0 Å². The largest absolute Gasteiger partial charge is 0.355 e. The van der Waals surface area contributed by atoms with E-state index in [-0.39, 0.29) is 17.9 Å². The second kappa shape index (κ2) is 8.01. The van der Waals surface area contributed by atoms with Crippen molar-refractivity contribution in [1.82, 2.24) is 19.8 Å². The molecule has 0 aromatic carbocycles. The van der Waals surface area contributed by atoms with Crippen LogP contribution in [0.1, 0.15) is 50.4 Å². The highest BCUT2D eigenvalue weighted by Crippen LogP contribution is 2.32. The van der Waals surface area contributed by atoms with Gasteiger partial charge in [-0.05, 0) is 31.6 Å². The van der Waals surface area contributed by atoms with Crippen LogP contribution in [0.15, 0.2) is 12.4 Å². The van der Waals surface area contributed by atoms with Crippen LogP contribution >= 0.6 is 0 Å². The molecular weight excluding hydrogens is 330 g/mol. The van der Waals surface area contributed by atoms with Gasteiger partial charge < -0.3 is 15.1 Å². The Bertz CT molecular complexity index is 642. The van der Waals surface area contributed by atoms with Crippen molar-refractivity contribution in [2.45, 2.75) is 46.1 Å². The van der Waals surface area contributed by atoms with E-state index in [1.807, 2.05) is 11.8 Å². The highest BCUT2D eigenvalue weighted by Gasteiger charge is 2.36. The number of carbonyl (C=O) groups excluding carboxylic acids is 2. The van der Waals surface area contributed by atoms with Crippen LogP contribution in [0.4, 0.5) is 5.95 Å². The molecule has 2 fully saturated rings. The van der Waals surface area contributed by atoms with E-state index >= 15 is 0 Å². The van der Waals surface area contributed by atoms with Gasteiger partial charge in [-0.3, -0.25) is 9.59 Å². The molecule has 0 radical (unpaired) electrons. The topological polar surface area (TPSA) is 78.4 Å². The molecule has 142 valence electrons. The zero-order valence-corrected chi connectivity index (χ0v) is 15.9. The molecule has 1 aromatic heterocycles. The summed E-state index contributed by atoms with van der Waals surface area (Å²) in [5.41, 5.74) is 0.470. The fraction of sp³-hybridized carbons (Fsp3) is 0.684. The predicted molar refractivity (Wildman–Crippen MR) is 99.8 cm³/mol. The Hall–Kier alpha value is -2.18. The van der Waals surface area contributed by atoms with Crippen molar-refractivity contribution in [2.24, 2.45) is 11.8 Å². The number of amides is 2. The van der Waals surface area contributed by atoms with E-state index in [9.17, 15) is 9.59 Å². The summed E-state index contributed by atoms with van der Waals surface area (Å²) in [6.07, 6.45) is 5.94. The monoisotopic (exact) mass is 359 g/mol. The summed E-state index contributed by atoms with van der Waals surface area (Å²) in [4.78, 5) is 37.8. The smallest absolute Gasteiger partial charge is 0.257 e. The van der Waals surface area contributed by atoms with E-state index in [2.05, 4.69) is 29.1 Å². The fourth-order valence-corrected chi connectivity index (χ4v) is 3.42. The first-order valence-electron chi connectivity index (χ1n) is 9.64. The lowest BCUT2D eigenvalue weighted by Crippen LogP contribution is -2.48. The Morgan fingerprint density at radius 3 is 2.58 bits per heavy atom. The van der Waals surface area contributed by atoms with Gasteiger partial charge in [0.05, 0.1) is 11.6 Å². The molecule has 1 aliphatic heterocycles. The van der Waals surface area contributed by atoms with E-state index in [1.165, 1.54) is 12.8 Å². The van der Waals surface area contributed by atoms with Crippen LogP contribution < -0.4 is 5.32 Å². The Kier molecular flexibility index (Phi) is 5.74. The maximum absolute atomic E-state index is 12.9. The predicted octanol–water partition coefficient (Wildman–Crippen LogP) is 2.02. The summed E-state index contributed by atoms with van der Waals surface area (Å²) in [7, 11) is 0. The number of carbonyl (C=O) groups is 2. The van der Waals surface area contributed by atoms with Gasteiger partial charge in [0.15, 0.2) is 0 Å². The van der Waals surface area contributed by atoms with E-state index < -0.39 is 0 Å². The van der Waals surface area contributed by atoms with Crippen LogP contribution in [0.3, 0.4) is 0 Å². The lowest BCUT2D eigenvalue weighted by Gasteiger charge is -2.34. The molecule has 2 amide bonds. The minimum atomic E-state index is -0.0974. The van der Waals surface area contributed by atoms with Crippen LogP contribution in [0.5, 0.6) is 0 Å². The first-order valence-corrected chi connectivity index (χ1v) is 9.64. The van der Waals surface area contributed by atoms with Gasteiger partial charge in [-0.25, -0.2) is 9.97 Å². The summed E-state index contributed by atoms with van der Waals surface area (Å²) >= 11 is 0. The summed E-state index contributed by atoms with van der Waals surface area (Å²) in [6.45, 7) is 8.82. The van der Waals surface area contributed by atoms with Crippen molar-refractivity contribution in [3.8, 4) is 0 Å². The van der Waals surface area contributed by atoms with Crippen molar-refractivity contribution >= 4 is 17.8 Å². The number of hydrogen-bond donors (Lipinski definition) is 1. The van der Waals surface area contributed by atoms with Gasteiger partial charge in [-0.1, -0.05) is 13.8 Å². The Balaban J connectivity index is 1.74. The molecule has 2 aliphatic rings. The van der Waals surface area contributed by atoms with Gasteiger partial charge in [-0.15, -0.1) is 0 Å². The van der Waals surface area contributed by atoms with Gasteiger partial charge >= 0.3 is 0 Å². The molecule has 1 saturated carbocycles. The van der Waals surface area contributed by atoms with Crippen molar-refractivity contribution in [2.75, 3.05) is 31.5 Å². The Morgan fingerprint density at radius 1 is 1.31 bits per heavy atom. The first-order chi connectivity index (χ1) is 12.5. The summed E-state index contributed by atoms with van der Waals surface area (Å²) in [5, 5.41) is 3.02. The standard InChI is InChI=1S/C19H29N5O2/c1-4-20-19-21-9-15(10-22-19)18(26)23-8-7-17(25)24(11-14-5-6-14)16(12-23)13(2)3/h9-10,13-14,16H,4-8,11-12H2,1-3H3,(H,20,21,22)/t16-/m0/s1. The lowest BCUT2D eigenvalue weighted by molar-refractivity contribution is -0.133. The average Bonchev–Trinajstić information content (AvgIpc) is 3.45. The third kappa shape index (κ3) is 4.31. The van der Waals surface area contributed by atoms with Gasteiger partial charge in [0, 0.05) is 45.0 Å². The highest BCUT2D eigenvalue weighted by molar-refractivity contribution is 5.94. The first kappa shape index (κ1) is 18.6. The Labute approximate surface area is 155 Å². The van der Waals surface area contributed by atoms with Crippen LogP contribution in [-0.4, -0.2) is 63.8 Å². The summed E-state index contributed by atoms with van der Waals surface area (Å²) in [5.74, 6) is 1.54. The summed E-state index contributed by atoms with van der Waals surface area (Å²) < 4.78 is 0. The van der Waals surface area contributed by atoms with E-state index in [1.54, 1.807) is 17.3 Å². The SMILES string of the molecule is CCNc1ncc(C(=O)N2CCC(=O)N(CC3CC3)[C@H](C(C)C)C2)cn1. The molecule has 2 heterocycles. The molecule has 7 heteroatoms. The second-order valence-electron chi connectivity index (χ2n) is 7.63. The minimum Gasteiger partial charge on any atom is -0.355 e.